The summed E-state index contributed by atoms with van der Waals surface area (Å²) >= 11 is 0. The number of carbonyl (C=O) groups excluding carboxylic acids is 2. The molecule has 1 saturated carbocycles. The van der Waals surface area contributed by atoms with Gasteiger partial charge < -0.3 is 24.6 Å². The van der Waals surface area contributed by atoms with Crippen molar-refractivity contribution in [3.8, 4) is 0 Å². The van der Waals surface area contributed by atoms with Crippen LogP contribution in [0.4, 0.5) is 0 Å². The van der Waals surface area contributed by atoms with E-state index < -0.39 is 18.0 Å². The maximum Gasteiger partial charge on any atom is 0.235 e. The van der Waals surface area contributed by atoms with Crippen LogP contribution in [0.3, 0.4) is 0 Å². The molecule has 2 fully saturated rings. The Hall–Kier alpha value is -1.40. The van der Waals surface area contributed by atoms with Crippen LogP contribution in [0.2, 0.25) is 0 Å². The molecule has 110 valence electrons. The third-order valence-corrected chi connectivity index (χ3v) is 4.84. The summed E-state index contributed by atoms with van der Waals surface area (Å²) in [5.74, 6) is -2.18. The summed E-state index contributed by atoms with van der Waals surface area (Å²) in [6, 6.07) is -0.247. The van der Waals surface area contributed by atoms with Gasteiger partial charge >= 0.3 is 0 Å². The summed E-state index contributed by atoms with van der Waals surface area (Å²) in [7, 11) is 1.55. The molecule has 1 aliphatic carbocycles. The minimum Gasteiger partial charge on any atom is -0.543 e. The number of carboxylic acid groups (broad SMARTS) is 1. The molecular weight excluding hydrogens is 262 g/mol. The number of ether oxygens (including phenoxy) is 1. The van der Waals surface area contributed by atoms with E-state index in [2.05, 4.69) is 0 Å². The first-order chi connectivity index (χ1) is 9.49. The fraction of sp³-hybridized carbons (Fsp3) is 0.714. The largest absolute Gasteiger partial charge is 0.543 e. The van der Waals surface area contributed by atoms with Gasteiger partial charge in [-0.25, -0.2) is 0 Å². The highest BCUT2D eigenvalue weighted by Crippen LogP contribution is 2.52. The van der Waals surface area contributed by atoms with Gasteiger partial charge in [-0.05, 0) is 31.8 Å². The molecule has 1 N–H and O–H groups in total. The highest BCUT2D eigenvalue weighted by Gasteiger charge is 2.61. The van der Waals surface area contributed by atoms with E-state index in [4.69, 9.17) is 4.74 Å². The molecule has 3 rings (SSSR count). The van der Waals surface area contributed by atoms with Crippen molar-refractivity contribution < 1.29 is 24.5 Å². The van der Waals surface area contributed by atoms with Gasteiger partial charge in [0.2, 0.25) is 5.91 Å². The second-order valence-corrected chi connectivity index (χ2v) is 5.82. The molecular formula is C14H18NO5-. The van der Waals surface area contributed by atoms with Crippen molar-refractivity contribution in [2.24, 2.45) is 11.8 Å². The van der Waals surface area contributed by atoms with Crippen LogP contribution in [-0.2, 0) is 14.3 Å². The number of rotatable bonds is 3. The number of hydrogen-bond acceptors (Lipinski definition) is 5. The zero-order chi connectivity index (χ0) is 14.6. The molecule has 1 saturated heterocycles. The van der Waals surface area contributed by atoms with Gasteiger partial charge in [-0.3, -0.25) is 4.79 Å². The van der Waals surface area contributed by atoms with Crippen molar-refractivity contribution in [2.75, 3.05) is 7.11 Å². The Morgan fingerprint density at radius 2 is 2.20 bits per heavy atom. The minimum absolute atomic E-state index is 0.0200. The van der Waals surface area contributed by atoms with Gasteiger partial charge in [-0.15, -0.1) is 0 Å². The molecule has 2 aliphatic heterocycles. The topological polar surface area (TPSA) is 89.9 Å². The van der Waals surface area contributed by atoms with Gasteiger partial charge in [0.1, 0.15) is 0 Å². The normalized spacial score (nSPS) is 37.4. The van der Waals surface area contributed by atoms with E-state index in [1.165, 1.54) is 4.90 Å². The first kappa shape index (κ1) is 13.6. The Kier molecular flexibility index (Phi) is 3.10. The highest BCUT2D eigenvalue weighted by molar-refractivity contribution is 5.99. The highest BCUT2D eigenvalue weighted by atomic mass is 16.5. The molecule has 0 radical (unpaired) electrons. The molecule has 0 unspecified atom stereocenters. The lowest BCUT2D eigenvalue weighted by molar-refractivity contribution is -0.301. The first-order valence-electron chi connectivity index (χ1n) is 6.98. The van der Waals surface area contributed by atoms with E-state index in [1.807, 2.05) is 0 Å². The lowest BCUT2D eigenvalue weighted by atomic mass is 9.72. The van der Waals surface area contributed by atoms with Crippen molar-refractivity contribution in [1.29, 1.82) is 0 Å². The number of fused-ring (bicyclic) bond motifs is 3. The predicted molar refractivity (Wildman–Crippen MR) is 66.0 cm³/mol. The fourth-order valence-corrected chi connectivity index (χ4v) is 4.07. The summed E-state index contributed by atoms with van der Waals surface area (Å²) in [5, 5.41) is 21.2. The van der Waals surface area contributed by atoms with Gasteiger partial charge in [0.05, 0.1) is 35.8 Å². The monoisotopic (exact) mass is 280 g/mol. The lowest BCUT2D eigenvalue weighted by Crippen LogP contribution is -2.64. The molecule has 3 aliphatic rings. The molecule has 20 heavy (non-hydrogen) atoms. The van der Waals surface area contributed by atoms with Crippen molar-refractivity contribution in [3.05, 3.63) is 11.3 Å². The molecule has 0 spiro atoms. The van der Waals surface area contributed by atoms with Gasteiger partial charge in [-0.2, -0.15) is 0 Å². The number of methoxy groups -OCH3 is 1. The van der Waals surface area contributed by atoms with E-state index in [0.717, 1.165) is 19.3 Å². The number of carbonyl (C=O) groups is 2. The second kappa shape index (κ2) is 4.56. The van der Waals surface area contributed by atoms with Crippen molar-refractivity contribution >= 4 is 11.9 Å². The number of aliphatic hydroxyl groups excluding tert-OH is 1. The Labute approximate surface area is 117 Å². The number of amides is 1. The number of aliphatic carboxylic acids is 1. The maximum atomic E-state index is 12.1. The maximum absolute atomic E-state index is 12.1. The molecule has 1 amide bonds. The predicted octanol–water partition coefficient (Wildman–Crippen LogP) is -0.973. The summed E-state index contributed by atoms with van der Waals surface area (Å²) in [6.07, 6.45) is 1.47. The van der Waals surface area contributed by atoms with Crippen molar-refractivity contribution in [2.45, 2.75) is 44.4 Å². The van der Waals surface area contributed by atoms with Gasteiger partial charge in [-0.1, -0.05) is 0 Å². The minimum atomic E-state index is -1.33. The van der Waals surface area contributed by atoms with Crippen LogP contribution in [0, 0.1) is 11.8 Å². The van der Waals surface area contributed by atoms with Gasteiger partial charge in [0.15, 0.2) is 0 Å². The second-order valence-electron chi connectivity index (χ2n) is 5.82. The zero-order valence-electron chi connectivity index (χ0n) is 11.5. The molecule has 6 heteroatoms. The third-order valence-electron chi connectivity index (χ3n) is 4.84. The lowest BCUT2D eigenvalue weighted by Gasteiger charge is -2.48. The van der Waals surface area contributed by atoms with Gasteiger partial charge in [0, 0.05) is 13.0 Å². The molecule has 6 nitrogen and oxygen atoms in total. The van der Waals surface area contributed by atoms with Crippen LogP contribution in [0.15, 0.2) is 11.3 Å². The van der Waals surface area contributed by atoms with E-state index >= 15 is 0 Å². The molecule has 0 aromatic heterocycles. The summed E-state index contributed by atoms with van der Waals surface area (Å²) in [6.45, 7) is 1.58. The molecule has 0 aromatic rings. The average molecular weight is 280 g/mol. The van der Waals surface area contributed by atoms with E-state index in [1.54, 1.807) is 14.0 Å². The van der Waals surface area contributed by atoms with Crippen molar-refractivity contribution in [1.82, 2.24) is 4.90 Å². The Balaban J connectivity index is 2.04. The SMILES string of the molecule is CO[C@H]1CCC[C@H]2C1=C(C(=O)[O-])N1C(=O)[C@H]([C@@H](C)O)[C@@H]21. The van der Waals surface area contributed by atoms with Crippen LogP contribution in [0.25, 0.3) is 0 Å². The average Bonchev–Trinajstić information content (AvgIpc) is 2.69. The quantitative estimate of drug-likeness (QED) is 0.672. The van der Waals surface area contributed by atoms with Crippen molar-refractivity contribution in [3.63, 3.8) is 0 Å². The fourth-order valence-electron chi connectivity index (χ4n) is 4.07. The Bertz CT molecular complexity index is 498. The summed E-state index contributed by atoms with van der Waals surface area (Å²) < 4.78 is 5.39. The number of β-lactam (4-membered cyclic amide) rings is 1. The number of aliphatic hydroxyl groups is 1. The standard InChI is InChI=1S/C14H19NO5/c1-6(16)9-11-7-4-3-5-8(20-2)10(7)12(14(18)19)15(11)13(9)17/h6-9,11,16H,3-5H2,1-2H3,(H,18,19)/p-1/t6-,7+,8+,9-,11-/m1/s1. The smallest absolute Gasteiger partial charge is 0.235 e. The van der Waals surface area contributed by atoms with Crippen LogP contribution < -0.4 is 5.11 Å². The molecule has 0 aromatic carbocycles. The van der Waals surface area contributed by atoms with Gasteiger partial charge in [0.25, 0.3) is 0 Å². The number of hydrogen-bond donors (Lipinski definition) is 1. The van der Waals surface area contributed by atoms with Crippen LogP contribution in [0.1, 0.15) is 26.2 Å². The van der Waals surface area contributed by atoms with E-state index in [9.17, 15) is 19.8 Å². The molecule has 0 bridgehead atoms. The Morgan fingerprint density at radius 1 is 1.50 bits per heavy atom. The molecule has 2 heterocycles. The van der Waals surface area contributed by atoms with Crippen LogP contribution in [0.5, 0.6) is 0 Å². The number of nitrogens with zero attached hydrogens (tertiary/aromatic N) is 1. The van der Waals surface area contributed by atoms with Crippen LogP contribution >= 0.6 is 0 Å². The summed E-state index contributed by atoms with van der Waals surface area (Å²) in [4.78, 5) is 24.9. The Morgan fingerprint density at radius 3 is 2.75 bits per heavy atom. The molecule has 5 atom stereocenters. The number of carboxylic acids is 1. The summed E-state index contributed by atoms with van der Waals surface area (Å²) in [5.41, 5.74) is 0.661. The first-order valence-corrected chi connectivity index (χ1v) is 6.98. The van der Waals surface area contributed by atoms with E-state index in [0.29, 0.717) is 5.57 Å². The van der Waals surface area contributed by atoms with E-state index in [-0.39, 0.29) is 29.7 Å². The third kappa shape index (κ3) is 1.58. The van der Waals surface area contributed by atoms with Crippen LogP contribution in [-0.4, -0.2) is 47.2 Å². The zero-order valence-corrected chi connectivity index (χ0v) is 11.5.